The molecule has 22 heteroatoms. The second-order valence-electron chi connectivity index (χ2n) is 18.3. The van der Waals surface area contributed by atoms with E-state index in [2.05, 4.69) is 19.6 Å². The van der Waals surface area contributed by atoms with Gasteiger partial charge in [-0.15, -0.1) is 0 Å². The van der Waals surface area contributed by atoms with Crippen molar-refractivity contribution in [1.29, 1.82) is 0 Å². The summed E-state index contributed by atoms with van der Waals surface area (Å²) in [5, 5.41) is 83.2. The highest BCUT2D eigenvalue weighted by Crippen LogP contribution is 2.48. The molecule has 2 fully saturated rings. The zero-order chi connectivity index (χ0) is 50.5. The number of hydrogen-bond acceptors (Lipinski definition) is 18. The van der Waals surface area contributed by atoms with Crippen LogP contribution in [-0.4, -0.2) is 170 Å². The number of unbranched alkanes of at least 4 members (excludes halogenated alkanes) is 20. The number of carboxylic acid groups (broad SMARTS) is 1. The minimum Gasteiger partial charge on any atom is -0.477 e. The average Bonchev–Trinajstić information content (AvgIpc) is 3.30. The van der Waals surface area contributed by atoms with Gasteiger partial charge in [0, 0.05) is 12.8 Å². The zero-order valence-electron chi connectivity index (χ0n) is 40.5. The van der Waals surface area contributed by atoms with Crippen molar-refractivity contribution in [3.63, 3.8) is 0 Å². The number of esters is 2. The van der Waals surface area contributed by atoms with Crippen LogP contribution < -0.4 is 5.73 Å². The Balaban J connectivity index is 2.16. The molecule has 14 atom stereocenters. The van der Waals surface area contributed by atoms with Crippen molar-refractivity contribution in [1.82, 2.24) is 0 Å². The first-order chi connectivity index (χ1) is 32.5. The van der Waals surface area contributed by atoms with Gasteiger partial charge >= 0.3 is 25.7 Å². The SMILES string of the molecule is CCCCCCCCCCCCCC(=O)OC[C@@H](COP(=O)(O)OC1C(OC[C@H]([NH3+])C(=O)O)[C@H](O)[C@H](O)C(O)[C@@H]1O[C@H]1OC(CO)[C@@H](O)C(O)C1O)OC(=O)CCCCCCCCCCCCC. The van der Waals surface area contributed by atoms with Crippen LogP contribution in [-0.2, 0) is 51.7 Å². The molecule has 12 N–H and O–H groups in total. The van der Waals surface area contributed by atoms with Crippen LogP contribution in [0.2, 0.25) is 0 Å². The fraction of sp³-hybridized carbons (Fsp3) is 0.935. The number of aliphatic hydroxyl groups excluding tert-OH is 7. The molecule has 0 radical (unpaired) electrons. The molecule has 7 unspecified atom stereocenters. The fourth-order valence-corrected chi connectivity index (χ4v) is 9.08. The molecular formula is C46H87NO20P+. The van der Waals surface area contributed by atoms with Gasteiger partial charge in [0.25, 0.3) is 0 Å². The molecule has 0 aromatic rings. The number of quaternary nitrogens is 1. The van der Waals surface area contributed by atoms with Gasteiger partial charge in [-0.1, -0.05) is 142 Å². The number of aliphatic hydroxyl groups is 7. The lowest BCUT2D eigenvalue weighted by atomic mass is 9.84. The maximum atomic E-state index is 13.7. The second kappa shape index (κ2) is 35.2. The highest BCUT2D eigenvalue weighted by Gasteiger charge is 2.56. The molecule has 2 aliphatic rings. The number of carbonyl (C=O) groups is 3. The number of rotatable bonds is 39. The van der Waals surface area contributed by atoms with E-state index < -0.39 is 132 Å². The molecule has 0 aromatic heterocycles. The summed E-state index contributed by atoms with van der Waals surface area (Å²) in [6, 6.07) is -1.48. The number of hydrogen-bond donors (Lipinski definition) is 10. The van der Waals surface area contributed by atoms with E-state index in [0.29, 0.717) is 12.8 Å². The average molecular weight is 1010 g/mol. The molecule has 1 saturated heterocycles. The Morgan fingerprint density at radius 2 is 1.04 bits per heavy atom. The van der Waals surface area contributed by atoms with Crippen molar-refractivity contribution in [3.05, 3.63) is 0 Å². The van der Waals surface area contributed by atoms with Crippen molar-refractivity contribution in [2.24, 2.45) is 0 Å². The van der Waals surface area contributed by atoms with Crippen molar-refractivity contribution in [3.8, 4) is 0 Å². The summed E-state index contributed by atoms with van der Waals surface area (Å²) in [5.74, 6) is -2.71. The standard InChI is InChI=1S/C46H86NO20P/c1-3-5-7-9-11-13-15-17-19-21-23-25-34(49)61-28-31(64-35(50)26-24-22-20-18-16-14-12-10-8-6-4-2)29-63-68(59,60)67-44-42(62-30-32(47)45(57)58)39(54)38(53)40(55)43(44)66-46-41(56)37(52)36(51)33(27-48)65-46/h31-33,36-44,46,48,51-56H,3-30,47H2,1-2H3,(H,57,58)(H,59,60)/p+1/t31-,32-,33?,36+,37?,38-,39+,40?,41?,42?,43-,44?,46+/m0/s1. The van der Waals surface area contributed by atoms with Gasteiger partial charge in [-0.25, -0.2) is 9.36 Å². The lowest BCUT2D eigenvalue weighted by Gasteiger charge is -2.48. The number of phosphoric ester groups is 1. The smallest absolute Gasteiger partial charge is 0.472 e. The van der Waals surface area contributed by atoms with Gasteiger partial charge in [0.1, 0.15) is 74.3 Å². The van der Waals surface area contributed by atoms with Crippen molar-refractivity contribution < 1.29 is 103 Å². The maximum Gasteiger partial charge on any atom is 0.472 e. The summed E-state index contributed by atoms with van der Waals surface area (Å²) in [7, 11) is -5.48. The molecule has 0 spiro atoms. The molecule has 1 heterocycles. The third kappa shape index (κ3) is 24.0. The van der Waals surface area contributed by atoms with E-state index in [9.17, 15) is 64.7 Å². The minimum absolute atomic E-state index is 0.00722. The maximum absolute atomic E-state index is 13.7. The van der Waals surface area contributed by atoms with Gasteiger partial charge in [-0.3, -0.25) is 18.6 Å². The van der Waals surface area contributed by atoms with Crippen LogP contribution in [0.5, 0.6) is 0 Å². The van der Waals surface area contributed by atoms with E-state index in [1.165, 1.54) is 70.6 Å². The van der Waals surface area contributed by atoms with Crippen LogP contribution >= 0.6 is 7.82 Å². The highest BCUT2D eigenvalue weighted by molar-refractivity contribution is 7.47. The largest absolute Gasteiger partial charge is 0.477 e. The molecule has 21 nitrogen and oxygen atoms in total. The molecular weight excluding hydrogens is 917 g/mol. The Bertz CT molecular complexity index is 1410. The van der Waals surface area contributed by atoms with Crippen LogP contribution in [0.25, 0.3) is 0 Å². The van der Waals surface area contributed by atoms with Gasteiger partial charge in [0.05, 0.1) is 13.2 Å². The van der Waals surface area contributed by atoms with Gasteiger partial charge in [-0.2, -0.15) is 0 Å². The lowest BCUT2D eigenvalue weighted by Crippen LogP contribution is -2.70. The Labute approximate surface area is 401 Å². The van der Waals surface area contributed by atoms with Crippen molar-refractivity contribution in [2.45, 2.75) is 247 Å². The Hall–Kier alpha value is -1.92. The van der Waals surface area contributed by atoms with E-state index in [0.717, 1.165) is 57.8 Å². The zero-order valence-corrected chi connectivity index (χ0v) is 41.4. The van der Waals surface area contributed by atoms with E-state index in [-0.39, 0.29) is 12.8 Å². The van der Waals surface area contributed by atoms with Gasteiger partial charge < -0.3 is 75.2 Å². The predicted molar refractivity (Wildman–Crippen MR) is 244 cm³/mol. The molecule has 400 valence electrons. The van der Waals surface area contributed by atoms with E-state index >= 15 is 0 Å². The number of carboxylic acids is 1. The quantitative estimate of drug-likeness (QED) is 0.0240. The topological polar surface area (TPSA) is 343 Å². The molecule has 0 bridgehead atoms. The van der Waals surface area contributed by atoms with Crippen LogP contribution in [0.15, 0.2) is 0 Å². The van der Waals surface area contributed by atoms with Crippen LogP contribution in [0.3, 0.4) is 0 Å². The summed E-state index contributed by atoms with van der Waals surface area (Å²) in [6.07, 6.45) is 0.0395. The Kier molecular flexibility index (Phi) is 32.2. The summed E-state index contributed by atoms with van der Waals surface area (Å²) in [5.41, 5.74) is 3.41. The summed E-state index contributed by atoms with van der Waals surface area (Å²) < 4.78 is 51.9. The molecule has 1 aliphatic carbocycles. The third-order valence-corrected chi connectivity index (χ3v) is 13.4. The number of aliphatic carboxylic acids is 1. The first kappa shape index (κ1) is 62.2. The van der Waals surface area contributed by atoms with Gasteiger partial charge in [0.2, 0.25) is 6.04 Å². The van der Waals surface area contributed by atoms with Crippen LogP contribution in [0.1, 0.15) is 168 Å². The van der Waals surface area contributed by atoms with E-state index in [4.69, 9.17) is 32.7 Å². The first-order valence-corrected chi connectivity index (χ1v) is 26.7. The fourth-order valence-electron chi connectivity index (χ4n) is 8.12. The Morgan fingerprint density at radius 1 is 0.588 bits per heavy atom. The molecule has 68 heavy (non-hydrogen) atoms. The number of carbonyl (C=O) groups excluding carboxylic acids is 2. The van der Waals surface area contributed by atoms with Crippen LogP contribution in [0.4, 0.5) is 0 Å². The molecule has 1 saturated carbocycles. The van der Waals surface area contributed by atoms with Crippen LogP contribution in [0, 0.1) is 0 Å². The molecule has 2 rings (SSSR count). The predicted octanol–water partition coefficient (Wildman–Crippen LogP) is 2.71. The normalized spacial score (nSPS) is 28.1. The number of phosphoric acid groups is 1. The molecule has 1 aliphatic heterocycles. The van der Waals surface area contributed by atoms with Gasteiger partial charge in [0.15, 0.2) is 12.4 Å². The monoisotopic (exact) mass is 1000 g/mol. The minimum atomic E-state index is -5.48. The first-order valence-electron chi connectivity index (χ1n) is 25.2. The summed E-state index contributed by atoms with van der Waals surface area (Å²) in [4.78, 5) is 48.5. The summed E-state index contributed by atoms with van der Waals surface area (Å²) in [6.45, 7) is 1.28. The molecule has 0 aromatic carbocycles. The summed E-state index contributed by atoms with van der Waals surface area (Å²) >= 11 is 0. The van der Waals surface area contributed by atoms with Crippen molar-refractivity contribution in [2.75, 3.05) is 26.4 Å². The highest BCUT2D eigenvalue weighted by atomic mass is 31.2. The van der Waals surface area contributed by atoms with Crippen molar-refractivity contribution >= 4 is 25.7 Å². The number of ether oxygens (including phenoxy) is 5. The second-order valence-corrected chi connectivity index (χ2v) is 19.7. The third-order valence-electron chi connectivity index (χ3n) is 12.4. The van der Waals surface area contributed by atoms with Gasteiger partial charge in [-0.05, 0) is 12.8 Å². The van der Waals surface area contributed by atoms with E-state index in [1.807, 2.05) is 0 Å². The Morgan fingerprint density at radius 3 is 1.53 bits per heavy atom. The molecule has 0 amide bonds. The van der Waals surface area contributed by atoms with E-state index in [1.54, 1.807) is 0 Å². The lowest BCUT2D eigenvalue weighted by molar-refractivity contribution is -0.418.